The van der Waals surface area contributed by atoms with Crippen molar-refractivity contribution in [2.75, 3.05) is 14.2 Å². The highest BCUT2D eigenvalue weighted by Gasteiger charge is 2.23. The molecule has 4 nitrogen and oxygen atoms in total. The molecule has 1 heterocycles. The van der Waals surface area contributed by atoms with Gasteiger partial charge in [-0.2, -0.15) is 0 Å². The van der Waals surface area contributed by atoms with Gasteiger partial charge in [-0.25, -0.2) is 13.6 Å². The lowest BCUT2D eigenvalue weighted by Gasteiger charge is -2.10. The van der Waals surface area contributed by atoms with Gasteiger partial charge in [0.25, 0.3) is 6.43 Å². The Bertz CT molecular complexity index is 368. The summed E-state index contributed by atoms with van der Waals surface area (Å²) in [5, 5.41) is 0. The summed E-state index contributed by atoms with van der Waals surface area (Å²) in [5.41, 5.74) is -0.786. The molecule has 0 aliphatic rings. The first kappa shape index (κ1) is 11.4. The summed E-state index contributed by atoms with van der Waals surface area (Å²) in [6, 6.07) is 0. The van der Waals surface area contributed by atoms with Gasteiger partial charge in [-0.15, -0.1) is 0 Å². The van der Waals surface area contributed by atoms with Gasteiger partial charge in [-0.1, -0.05) is 0 Å². The molecule has 0 fully saturated rings. The number of halogens is 2. The second kappa shape index (κ2) is 4.68. The van der Waals surface area contributed by atoms with Gasteiger partial charge in [0, 0.05) is 6.20 Å². The molecule has 0 amide bonds. The first-order valence-electron chi connectivity index (χ1n) is 4.00. The Morgan fingerprint density at radius 3 is 2.53 bits per heavy atom. The fraction of sp³-hybridized carbons (Fsp3) is 0.333. The number of carbonyl (C=O) groups is 1. The SMILES string of the molecule is COC(=O)c1c(OC)cncc1C(F)F. The first-order valence-corrected chi connectivity index (χ1v) is 4.00. The molecule has 0 radical (unpaired) electrons. The van der Waals surface area contributed by atoms with E-state index in [-0.39, 0.29) is 11.3 Å². The average molecular weight is 217 g/mol. The molecular formula is C9H9F2NO3. The minimum Gasteiger partial charge on any atom is -0.494 e. The van der Waals surface area contributed by atoms with E-state index in [1.165, 1.54) is 13.3 Å². The number of nitrogens with zero attached hydrogens (tertiary/aromatic N) is 1. The van der Waals surface area contributed by atoms with Gasteiger partial charge < -0.3 is 9.47 Å². The van der Waals surface area contributed by atoms with Crippen LogP contribution in [0.25, 0.3) is 0 Å². The van der Waals surface area contributed by atoms with Crippen LogP contribution in [0.4, 0.5) is 8.78 Å². The molecule has 0 aliphatic carbocycles. The van der Waals surface area contributed by atoms with Crippen LogP contribution in [0.5, 0.6) is 5.75 Å². The minimum atomic E-state index is -2.80. The monoisotopic (exact) mass is 217 g/mol. The molecule has 15 heavy (non-hydrogen) atoms. The third kappa shape index (κ3) is 2.20. The molecule has 0 spiro atoms. The van der Waals surface area contributed by atoms with Crippen LogP contribution >= 0.6 is 0 Å². The average Bonchev–Trinajstić information content (AvgIpc) is 2.26. The maximum atomic E-state index is 12.5. The Hall–Kier alpha value is -1.72. The second-order valence-electron chi connectivity index (χ2n) is 2.60. The number of alkyl halides is 2. The van der Waals surface area contributed by atoms with E-state index in [4.69, 9.17) is 4.74 Å². The maximum absolute atomic E-state index is 12.5. The van der Waals surface area contributed by atoms with E-state index in [1.807, 2.05) is 0 Å². The minimum absolute atomic E-state index is 0.0281. The maximum Gasteiger partial charge on any atom is 0.342 e. The van der Waals surface area contributed by atoms with Crippen molar-refractivity contribution in [3.8, 4) is 5.75 Å². The predicted molar refractivity (Wildman–Crippen MR) is 47.1 cm³/mol. The van der Waals surface area contributed by atoms with Gasteiger partial charge >= 0.3 is 5.97 Å². The lowest BCUT2D eigenvalue weighted by molar-refractivity contribution is 0.0584. The molecule has 0 aromatic carbocycles. The van der Waals surface area contributed by atoms with Crippen molar-refractivity contribution in [2.24, 2.45) is 0 Å². The molecule has 1 aromatic rings. The van der Waals surface area contributed by atoms with E-state index in [0.29, 0.717) is 0 Å². The van der Waals surface area contributed by atoms with Gasteiger partial charge in [-0.05, 0) is 0 Å². The number of pyridine rings is 1. The lowest BCUT2D eigenvalue weighted by Crippen LogP contribution is -2.09. The normalized spacial score (nSPS) is 10.2. The quantitative estimate of drug-likeness (QED) is 0.724. The zero-order chi connectivity index (χ0) is 11.4. The van der Waals surface area contributed by atoms with Crippen LogP contribution in [-0.4, -0.2) is 25.2 Å². The van der Waals surface area contributed by atoms with E-state index in [9.17, 15) is 13.6 Å². The number of esters is 1. The Morgan fingerprint density at radius 1 is 1.40 bits per heavy atom. The molecule has 6 heteroatoms. The van der Waals surface area contributed by atoms with Crippen molar-refractivity contribution >= 4 is 5.97 Å². The van der Waals surface area contributed by atoms with E-state index < -0.39 is 18.0 Å². The van der Waals surface area contributed by atoms with E-state index >= 15 is 0 Å². The number of hydrogen-bond acceptors (Lipinski definition) is 4. The molecule has 0 unspecified atom stereocenters. The van der Waals surface area contributed by atoms with Crippen LogP contribution < -0.4 is 4.74 Å². The highest BCUT2D eigenvalue weighted by Crippen LogP contribution is 2.28. The number of rotatable bonds is 3. The van der Waals surface area contributed by atoms with Crippen molar-refractivity contribution in [1.82, 2.24) is 4.98 Å². The third-order valence-electron chi connectivity index (χ3n) is 1.79. The van der Waals surface area contributed by atoms with Gasteiger partial charge in [-0.3, -0.25) is 4.98 Å². The summed E-state index contributed by atoms with van der Waals surface area (Å²) in [4.78, 5) is 14.8. The Kier molecular flexibility index (Phi) is 3.54. The Morgan fingerprint density at radius 2 is 2.07 bits per heavy atom. The van der Waals surface area contributed by atoms with Crippen LogP contribution in [-0.2, 0) is 4.74 Å². The largest absolute Gasteiger partial charge is 0.494 e. The predicted octanol–water partition coefficient (Wildman–Crippen LogP) is 1.81. The topological polar surface area (TPSA) is 48.4 Å². The van der Waals surface area contributed by atoms with Crippen molar-refractivity contribution < 1.29 is 23.0 Å². The lowest BCUT2D eigenvalue weighted by atomic mass is 10.1. The number of aromatic nitrogens is 1. The standard InChI is InChI=1S/C9H9F2NO3/c1-14-6-4-12-3-5(8(10)11)7(6)9(13)15-2/h3-4,8H,1-2H3. The Balaban J connectivity index is 3.33. The molecule has 1 aromatic heterocycles. The van der Waals surface area contributed by atoms with E-state index in [2.05, 4.69) is 9.72 Å². The highest BCUT2D eigenvalue weighted by molar-refractivity contribution is 5.94. The van der Waals surface area contributed by atoms with Crippen LogP contribution in [0, 0.1) is 0 Å². The summed E-state index contributed by atoms with van der Waals surface area (Å²) < 4.78 is 34.2. The molecule has 0 bridgehead atoms. The molecule has 82 valence electrons. The van der Waals surface area contributed by atoms with E-state index in [0.717, 1.165) is 13.3 Å². The van der Waals surface area contributed by atoms with Crippen LogP contribution in [0.2, 0.25) is 0 Å². The van der Waals surface area contributed by atoms with Crippen molar-refractivity contribution in [1.29, 1.82) is 0 Å². The number of methoxy groups -OCH3 is 2. The van der Waals surface area contributed by atoms with Gasteiger partial charge in [0.1, 0.15) is 5.56 Å². The van der Waals surface area contributed by atoms with Gasteiger partial charge in [0.2, 0.25) is 0 Å². The van der Waals surface area contributed by atoms with Crippen LogP contribution in [0.1, 0.15) is 22.3 Å². The van der Waals surface area contributed by atoms with Gasteiger partial charge in [0.15, 0.2) is 5.75 Å². The zero-order valence-corrected chi connectivity index (χ0v) is 8.16. The summed E-state index contributed by atoms with van der Waals surface area (Å²) in [7, 11) is 2.37. The van der Waals surface area contributed by atoms with Crippen LogP contribution in [0.3, 0.4) is 0 Å². The summed E-state index contributed by atoms with van der Waals surface area (Å²) in [5.74, 6) is -0.899. The fourth-order valence-corrected chi connectivity index (χ4v) is 1.10. The summed E-state index contributed by atoms with van der Waals surface area (Å²) >= 11 is 0. The smallest absolute Gasteiger partial charge is 0.342 e. The van der Waals surface area contributed by atoms with Crippen molar-refractivity contribution in [3.63, 3.8) is 0 Å². The summed E-state index contributed by atoms with van der Waals surface area (Å²) in [6.45, 7) is 0. The first-order chi connectivity index (χ1) is 7.11. The molecule has 0 aliphatic heterocycles. The molecule has 0 atom stereocenters. The number of hydrogen-bond donors (Lipinski definition) is 0. The fourth-order valence-electron chi connectivity index (χ4n) is 1.10. The van der Waals surface area contributed by atoms with Crippen molar-refractivity contribution in [3.05, 3.63) is 23.5 Å². The van der Waals surface area contributed by atoms with Gasteiger partial charge in [0.05, 0.1) is 26.0 Å². The zero-order valence-electron chi connectivity index (χ0n) is 8.16. The van der Waals surface area contributed by atoms with Crippen molar-refractivity contribution in [2.45, 2.75) is 6.43 Å². The molecule has 0 N–H and O–H groups in total. The molecule has 0 saturated heterocycles. The van der Waals surface area contributed by atoms with Crippen LogP contribution in [0.15, 0.2) is 12.4 Å². The highest BCUT2D eigenvalue weighted by atomic mass is 19.3. The molecule has 1 rings (SSSR count). The molecular weight excluding hydrogens is 208 g/mol. The number of carbonyl (C=O) groups excluding carboxylic acids is 1. The van der Waals surface area contributed by atoms with E-state index in [1.54, 1.807) is 0 Å². The molecule has 0 saturated carbocycles. The Labute approximate surface area is 84.8 Å². The third-order valence-corrected chi connectivity index (χ3v) is 1.79. The second-order valence-corrected chi connectivity index (χ2v) is 2.60. The number of ether oxygens (including phenoxy) is 2. The summed E-state index contributed by atoms with van der Waals surface area (Å²) in [6.07, 6.45) is -0.709.